The number of hydrogen-bond donors (Lipinski definition) is 3. The summed E-state index contributed by atoms with van der Waals surface area (Å²) in [7, 11) is 0. The van der Waals surface area contributed by atoms with Crippen LogP contribution in [0.4, 0.5) is 26.8 Å². The van der Waals surface area contributed by atoms with Crippen molar-refractivity contribution in [3.05, 3.63) is 47.8 Å². The molecule has 3 amide bonds. The first kappa shape index (κ1) is 28.6. The number of nitrogens with zero attached hydrogens (tertiary/aromatic N) is 5. The molecule has 0 bridgehead atoms. The molecule has 3 N–H and O–H groups in total. The summed E-state index contributed by atoms with van der Waals surface area (Å²) in [6, 6.07) is 11.2. The van der Waals surface area contributed by atoms with E-state index < -0.39 is 0 Å². The maximum absolute atomic E-state index is 13.1. The summed E-state index contributed by atoms with van der Waals surface area (Å²) in [6.45, 7) is 10.4. The molecule has 10 heteroatoms. The lowest BCUT2D eigenvalue weighted by Gasteiger charge is -2.32. The van der Waals surface area contributed by atoms with Gasteiger partial charge in [0.25, 0.3) is 0 Å². The number of aryl methyl sites for hydroxylation is 1. The summed E-state index contributed by atoms with van der Waals surface area (Å²) >= 11 is 0. The van der Waals surface area contributed by atoms with Crippen LogP contribution in [0, 0.1) is 29.6 Å². The second-order valence-electron chi connectivity index (χ2n) is 10.2. The van der Waals surface area contributed by atoms with Gasteiger partial charge >= 0.3 is 12.1 Å². The molecule has 0 spiro atoms. The highest BCUT2D eigenvalue weighted by Gasteiger charge is 2.25. The average Bonchev–Trinajstić information content (AvgIpc) is 3.28. The summed E-state index contributed by atoms with van der Waals surface area (Å²) in [5.74, 6) is 0.599. The summed E-state index contributed by atoms with van der Waals surface area (Å²) in [6.07, 6.45) is 4.82. The Morgan fingerprint density at radius 2 is 1.88 bits per heavy atom. The van der Waals surface area contributed by atoms with E-state index in [9.17, 15) is 14.9 Å². The number of fused-ring (bicyclic) bond motifs is 1. The summed E-state index contributed by atoms with van der Waals surface area (Å²) in [4.78, 5) is 33.8. The molecule has 4 rings (SSSR count). The van der Waals surface area contributed by atoms with Crippen LogP contribution >= 0.6 is 0 Å². The Kier molecular flexibility index (Phi) is 9.04. The lowest BCUT2D eigenvalue weighted by Crippen LogP contribution is -2.42. The minimum Gasteiger partial charge on any atom is -0.354 e. The van der Waals surface area contributed by atoms with Crippen LogP contribution in [0.3, 0.4) is 0 Å². The monoisotopic (exact) mass is 542 g/mol. The summed E-state index contributed by atoms with van der Waals surface area (Å²) < 4.78 is 1.72. The van der Waals surface area contributed by atoms with Crippen molar-refractivity contribution in [1.82, 2.24) is 19.4 Å². The third-order valence-electron chi connectivity index (χ3n) is 7.54. The molecule has 1 aliphatic rings. The quantitative estimate of drug-likeness (QED) is 0.286. The average molecular weight is 543 g/mol. The predicted octanol–water partition coefficient (Wildman–Crippen LogP) is 6.33. The number of carbonyl (C=O) groups is 2. The van der Waals surface area contributed by atoms with Crippen LogP contribution < -0.4 is 10.6 Å². The first-order chi connectivity index (χ1) is 19.3. The van der Waals surface area contributed by atoms with Gasteiger partial charge in [-0.25, -0.2) is 14.6 Å². The second-order valence-corrected chi connectivity index (χ2v) is 10.2. The Morgan fingerprint density at radius 1 is 1.15 bits per heavy atom. The van der Waals surface area contributed by atoms with Crippen molar-refractivity contribution >= 4 is 45.9 Å². The number of hydrogen-bond acceptors (Lipinski definition) is 6. The van der Waals surface area contributed by atoms with Crippen LogP contribution in [0.15, 0.2) is 36.5 Å². The molecule has 0 saturated carbocycles. The van der Waals surface area contributed by atoms with Crippen LogP contribution in [0.1, 0.15) is 57.7 Å². The zero-order valence-corrected chi connectivity index (χ0v) is 23.8. The molecule has 1 aromatic carbocycles. The fourth-order valence-corrected chi connectivity index (χ4v) is 5.29. The number of anilines is 3. The number of amides is 3. The van der Waals surface area contributed by atoms with E-state index in [4.69, 9.17) is 5.41 Å². The van der Waals surface area contributed by atoms with Crippen LogP contribution in [0.5, 0.6) is 0 Å². The molecule has 0 atom stereocenters. The van der Waals surface area contributed by atoms with Gasteiger partial charge in [0.05, 0.1) is 16.8 Å². The molecule has 1 saturated heterocycles. The minimum atomic E-state index is -0.236. The van der Waals surface area contributed by atoms with Gasteiger partial charge in [-0.3, -0.25) is 9.88 Å². The SMILES string of the molecule is CCCC(=N)C1CCN(C(=O)Nc2cc(Nc3ccc4c(c3)cc(C)n4C(=O)N(CC)CC)c(C#N)cn2)CC1. The molecule has 210 valence electrons. The number of nitrogens with one attached hydrogen (secondary N) is 3. The van der Waals surface area contributed by atoms with E-state index in [1.54, 1.807) is 20.4 Å². The number of aromatic nitrogens is 2. The van der Waals surface area contributed by atoms with E-state index in [2.05, 4.69) is 28.6 Å². The molecule has 3 heterocycles. The molecule has 2 aromatic heterocycles. The topological polar surface area (TPSA) is 130 Å². The highest BCUT2D eigenvalue weighted by atomic mass is 16.2. The zero-order valence-electron chi connectivity index (χ0n) is 23.8. The second kappa shape index (κ2) is 12.6. The lowest BCUT2D eigenvalue weighted by atomic mass is 9.90. The Morgan fingerprint density at radius 3 is 2.52 bits per heavy atom. The Bertz CT molecular complexity index is 1440. The summed E-state index contributed by atoms with van der Waals surface area (Å²) in [5.41, 5.74) is 4.07. The lowest BCUT2D eigenvalue weighted by molar-refractivity contribution is 0.193. The molecule has 40 heavy (non-hydrogen) atoms. The minimum absolute atomic E-state index is 0.0528. The predicted molar refractivity (Wildman–Crippen MR) is 159 cm³/mol. The molecule has 1 fully saturated rings. The van der Waals surface area contributed by atoms with Crippen LogP contribution in [0.25, 0.3) is 10.9 Å². The normalized spacial score (nSPS) is 13.6. The molecule has 0 aliphatic carbocycles. The molecule has 0 radical (unpaired) electrons. The number of rotatable bonds is 8. The first-order valence-corrected chi connectivity index (χ1v) is 14.0. The largest absolute Gasteiger partial charge is 0.354 e. The van der Waals surface area contributed by atoms with Crippen molar-refractivity contribution < 1.29 is 9.59 Å². The smallest absolute Gasteiger partial charge is 0.328 e. The van der Waals surface area contributed by atoms with E-state index in [-0.39, 0.29) is 18.0 Å². The van der Waals surface area contributed by atoms with E-state index >= 15 is 0 Å². The summed E-state index contributed by atoms with van der Waals surface area (Å²) in [5, 5.41) is 24.9. The number of piperidine rings is 1. The number of nitriles is 1. The Hall–Kier alpha value is -4.39. The highest BCUT2D eigenvalue weighted by Crippen LogP contribution is 2.28. The van der Waals surface area contributed by atoms with Crippen LogP contribution in [0.2, 0.25) is 0 Å². The molecular weight excluding hydrogens is 504 g/mol. The number of likely N-dealkylation sites (tertiary alicyclic amines) is 1. The maximum atomic E-state index is 13.1. The number of carbonyl (C=O) groups excluding carboxylic acids is 2. The molecule has 10 nitrogen and oxygen atoms in total. The van der Waals surface area contributed by atoms with E-state index in [1.165, 1.54) is 6.20 Å². The molecule has 0 unspecified atom stereocenters. The maximum Gasteiger partial charge on any atom is 0.328 e. The van der Waals surface area contributed by atoms with Crippen molar-refractivity contribution in [1.29, 1.82) is 10.7 Å². The highest BCUT2D eigenvalue weighted by molar-refractivity contribution is 5.95. The van der Waals surface area contributed by atoms with Gasteiger partial charge in [0.15, 0.2) is 0 Å². The van der Waals surface area contributed by atoms with Gasteiger partial charge in [-0.1, -0.05) is 13.3 Å². The van der Waals surface area contributed by atoms with Gasteiger partial charge in [-0.15, -0.1) is 0 Å². The number of pyridine rings is 1. The van der Waals surface area contributed by atoms with Gasteiger partial charge in [-0.05, 0) is 70.2 Å². The molecular formula is C30H38N8O2. The van der Waals surface area contributed by atoms with Gasteiger partial charge < -0.3 is 20.5 Å². The van der Waals surface area contributed by atoms with Crippen molar-refractivity contribution in [2.45, 2.75) is 53.4 Å². The number of benzene rings is 1. The van der Waals surface area contributed by atoms with E-state index in [1.807, 2.05) is 45.0 Å². The Balaban J connectivity index is 1.48. The van der Waals surface area contributed by atoms with Gasteiger partial charge in [0.1, 0.15) is 11.9 Å². The third kappa shape index (κ3) is 6.09. The van der Waals surface area contributed by atoms with E-state index in [0.717, 1.165) is 53.7 Å². The van der Waals surface area contributed by atoms with Crippen molar-refractivity contribution in [2.24, 2.45) is 5.92 Å². The standard InChI is InChI=1S/C30H38N8O2/c1-5-8-25(32)21-11-13-37(14-12-21)29(39)35-28-17-26(23(18-31)19-33-28)34-24-9-10-27-22(16-24)15-20(4)38(27)30(40)36(6-2)7-3/h9-10,15-17,19,21,32H,5-8,11-14H2,1-4H3,(H2,33,34,35,39). The van der Waals surface area contributed by atoms with Gasteiger partial charge in [0.2, 0.25) is 0 Å². The Labute approximate surface area is 235 Å². The fourth-order valence-electron chi connectivity index (χ4n) is 5.29. The first-order valence-electron chi connectivity index (χ1n) is 14.0. The van der Waals surface area contributed by atoms with Crippen LogP contribution in [-0.4, -0.2) is 63.3 Å². The van der Waals surface area contributed by atoms with Crippen molar-refractivity contribution in [2.75, 3.05) is 36.8 Å². The van der Waals surface area contributed by atoms with Crippen molar-refractivity contribution in [3.63, 3.8) is 0 Å². The van der Waals surface area contributed by atoms with Crippen LogP contribution in [-0.2, 0) is 0 Å². The molecule has 1 aliphatic heterocycles. The number of urea groups is 1. The van der Waals surface area contributed by atoms with Crippen molar-refractivity contribution in [3.8, 4) is 6.07 Å². The molecule has 3 aromatic rings. The zero-order chi connectivity index (χ0) is 28.8. The van der Waals surface area contributed by atoms with Gasteiger partial charge in [0, 0.05) is 60.9 Å². The van der Waals surface area contributed by atoms with Gasteiger partial charge in [-0.2, -0.15) is 5.26 Å². The third-order valence-corrected chi connectivity index (χ3v) is 7.54. The fraction of sp³-hybridized carbons (Fsp3) is 0.433. The van der Waals surface area contributed by atoms with E-state index in [0.29, 0.717) is 43.2 Å².